The van der Waals surface area contributed by atoms with E-state index < -0.39 is 0 Å². The molecule has 0 aliphatic carbocycles. The first kappa shape index (κ1) is 21.8. The molecule has 0 unspecified atom stereocenters. The Labute approximate surface area is 192 Å². The number of rotatable bonds is 7. The van der Waals surface area contributed by atoms with Crippen LogP contribution < -0.4 is 10.2 Å². The number of amides is 1. The van der Waals surface area contributed by atoms with Crippen LogP contribution in [0.15, 0.2) is 77.7 Å². The molecule has 1 heterocycles. The van der Waals surface area contributed by atoms with Gasteiger partial charge in [0.15, 0.2) is 0 Å². The summed E-state index contributed by atoms with van der Waals surface area (Å²) in [5, 5.41) is 3.75. The van der Waals surface area contributed by atoms with Gasteiger partial charge in [0.25, 0.3) is 5.91 Å². The molecule has 3 aromatic carbocycles. The molecule has 0 radical (unpaired) electrons. The topological polar surface area (TPSA) is 41.6 Å². The van der Waals surface area contributed by atoms with Gasteiger partial charge in [-0.2, -0.15) is 0 Å². The second-order valence-electron chi connectivity index (χ2n) is 7.39. The van der Waals surface area contributed by atoms with E-state index in [-0.39, 0.29) is 5.91 Å². The number of ether oxygens (including phenoxy) is 1. The number of hydrogen-bond donors (Lipinski definition) is 1. The van der Waals surface area contributed by atoms with Crippen LogP contribution >= 0.6 is 23.4 Å². The van der Waals surface area contributed by atoms with E-state index >= 15 is 0 Å². The molecule has 31 heavy (non-hydrogen) atoms. The van der Waals surface area contributed by atoms with E-state index in [0.717, 1.165) is 42.6 Å². The van der Waals surface area contributed by atoms with E-state index in [1.807, 2.05) is 48.5 Å². The lowest BCUT2D eigenvalue weighted by Gasteiger charge is -2.28. The van der Waals surface area contributed by atoms with Crippen LogP contribution in [0.1, 0.15) is 21.5 Å². The molecule has 6 heteroatoms. The largest absolute Gasteiger partial charge is 0.378 e. The molecule has 0 saturated carbocycles. The molecule has 1 saturated heterocycles. The van der Waals surface area contributed by atoms with Crippen molar-refractivity contribution in [1.82, 2.24) is 5.32 Å². The molecule has 160 valence electrons. The highest BCUT2D eigenvalue weighted by atomic mass is 35.5. The van der Waals surface area contributed by atoms with Crippen molar-refractivity contribution < 1.29 is 9.53 Å². The number of carbonyl (C=O) groups excluding carboxylic acids is 1. The first-order valence-corrected chi connectivity index (χ1v) is 11.7. The lowest BCUT2D eigenvalue weighted by molar-refractivity contribution is 0.0951. The van der Waals surface area contributed by atoms with Crippen molar-refractivity contribution >= 4 is 35.0 Å². The third kappa shape index (κ3) is 6.26. The summed E-state index contributed by atoms with van der Waals surface area (Å²) in [7, 11) is 0. The monoisotopic (exact) mass is 452 g/mol. The summed E-state index contributed by atoms with van der Waals surface area (Å²) in [5.41, 5.74) is 4.13. The van der Waals surface area contributed by atoms with Crippen LogP contribution in [0.5, 0.6) is 0 Å². The Kier molecular flexibility index (Phi) is 7.52. The van der Waals surface area contributed by atoms with E-state index in [1.165, 1.54) is 16.1 Å². The van der Waals surface area contributed by atoms with E-state index in [1.54, 1.807) is 11.8 Å². The molecule has 1 fully saturated rings. The number of carbonyl (C=O) groups is 1. The average Bonchev–Trinajstić information content (AvgIpc) is 2.83. The molecule has 4 nitrogen and oxygen atoms in total. The van der Waals surface area contributed by atoms with Crippen molar-refractivity contribution in [3.8, 4) is 0 Å². The summed E-state index contributed by atoms with van der Waals surface area (Å²) in [4.78, 5) is 16.0. The van der Waals surface area contributed by atoms with Gasteiger partial charge in [0.2, 0.25) is 0 Å². The standard InChI is InChI=1S/C25H25ClN2O2S/c26-22-7-11-24(12-8-22)31-18-20-1-5-21(6-2-20)25(29)27-17-19-3-9-23(10-4-19)28-13-15-30-16-14-28/h1-12H,13-18H2,(H,27,29). The van der Waals surface area contributed by atoms with Crippen LogP contribution in [0.2, 0.25) is 5.02 Å². The molecule has 3 aromatic rings. The van der Waals surface area contributed by atoms with Crippen LogP contribution in [0, 0.1) is 0 Å². The van der Waals surface area contributed by atoms with Gasteiger partial charge < -0.3 is 15.0 Å². The lowest BCUT2D eigenvalue weighted by Crippen LogP contribution is -2.36. The summed E-state index contributed by atoms with van der Waals surface area (Å²) in [5.74, 6) is 0.785. The van der Waals surface area contributed by atoms with Gasteiger partial charge in [-0.05, 0) is 59.7 Å². The first-order chi connectivity index (χ1) is 15.2. The van der Waals surface area contributed by atoms with Crippen LogP contribution in [-0.4, -0.2) is 32.2 Å². The molecule has 1 aliphatic heterocycles. The highest BCUT2D eigenvalue weighted by molar-refractivity contribution is 7.98. The Morgan fingerprint density at radius 2 is 1.55 bits per heavy atom. The van der Waals surface area contributed by atoms with E-state index in [4.69, 9.17) is 16.3 Å². The minimum absolute atomic E-state index is 0.0610. The quantitative estimate of drug-likeness (QED) is 0.487. The van der Waals surface area contributed by atoms with E-state index in [2.05, 4.69) is 34.5 Å². The maximum absolute atomic E-state index is 12.5. The number of hydrogen-bond acceptors (Lipinski definition) is 4. The van der Waals surface area contributed by atoms with Crippen LogP contribution in [0.4, 0.5) is 5.69 Å². The third-order valence-electron chi connectivity index (χ3n) is 5.20. The van der Waals surface area contributed by atoms with Gasteiger partial charge in [0.1, 0.15) is 0 Å². The minimum Gasteiger partial charge on any atom is -0.378 e. The van der Waals surface area contributed by atoms with Gasteiger partial charge in [0.05, 0.1) is 13.2 Å². The zero-order chi connectivity index (χ0) is 21.5. The van der Waals surface area contributed by atoms with E-state index in [0.29, 0.717) is 12.1 Å². The Balaban J connectivity index is 1.26. The predicted molar refractivity (Wildman–Crippen MR) is 128 cm³/mol. The fraction of sp³-hybridized carbons (Fsp3) is 0.240. The molecular weight excluding hydrogens is 428 g/mol. The van der Waals surface area contributed by atoms with Crippen molar-refractivity contribution in [2.24, 2.45) is 0 Å². The molecule has 0 bridgehead atoms. The Morgan fingerprint density at radius 3 is 2.23 bits per heavy atom. The van der Waals surface area contributed by atoms with E-state index in [9.17, 15) is 4.79 Å². The first-order valence-electron chi connectivity index (χ1n) is 10.3. The van der Waals surface area contributed by atoms with Crippen molar-refractivity contribution in [3.63, 3.8) is 0 Å². The number of nitrogens with zero attached hydrogens (tertiary/aromatic N) is 1. The Bertz CT molecular complexity index is 986. The number of halogens is 1. The summed E-state index contributed by atoms with van der Waals surface area (Å²) >= 11 is 7.67. The zero-order valence-corrected chi connectivity index (χ0v) is 18.8. The summed E-state index contributed by atoms with van der Waals surface area (Å²) in [6.45, 7) is 3.90. The molecule has 4 rings (SSSR count). The normalized spacial score (nSPS) is 13.8. The fourth-order valence-electron chi connectivity index (χ4n) is 3.38. The van der Waals surface area contributed by atoms with Crippen LogP contribution in [0.3, 0.4) is 0 Å². The molecule has 1 aliphatic rings. The predicted octanol–water partition coefficient (Wildman–Crippen LogP) is 5.40. The lowest BCUT2D eigenvalue weighted by atomic mass is 10.1. The second kappa shape index (κ2) is 10.7. The van der Waals surface area contributed by atoms with Gasteiger partial charge >= 0.3 is 0 Å². The van der Waals surface area contributed by atoms with Crippen molar-refractivity contribution in [1.29, 1.82) is 0 Å². The zero-order valence-electron chi connectivity index (χ0n) is 17.2. The number of anilines is 1. The van der Waals surface area contributed by atoms with Gasteiger partial charge in [-0.1, -0.05) is 35.9 Å². The molecule has 0 atom stereocenters. The Hall–Kier alpha value is -2.47. The summed E-state index contributed by atoms with van der Waals surface area (Å²) in [6.07, 6.45) is 0. The Morgan fingerprint density at radius 1 is 0.903 bits per heavy atom. The highest BCUT2D eigenvalue weighted by Gasteiger charge is 2.11. The van der Waals surface area contributed by atoms with Gasteiger partial charge in [0, 0.05) is 46.6 Å². The molecule has 1 N–H and O–H groups in total. The van der Waals surface area contributed by atoms with Crippen LogP contribution in [0.25, 0.3) is 0 Å². The van der Waals surface area contributed by atoms with Crippen molar-refractivity contribution in [2.45, 2.75) is 17.2 Å². The maximum Gasteiger partial charge on any atom is 0.251 e. The van der Waals surface area contributed by atoms with Gasteiger partial charge in [-0.15, -0.1) is 11.8 Å². The average molecular weight is 453 g/mol. The van der Waals surface area contributed by atoms with Crippen molar-refractivity contribution in [2.75, 3.05) is 31.2 Å². The molecule has 0 spiro atoms. The summed E-state index contributed by atoms with van der Waals surface area (Å²) in [6, 6.07) is 24.0. The molecular formula is C25H25ClN2O2S. The fourth-order valence-corrected chi connectivity index (χ4v) is 4.36. The second-order valence-corrected chi connectivity index (χ2v) is 8.87. The number of benzene rings is 3. The highest BCUT2D eigenvalue weighted by Crippen LogP contribution is 2.24. The smallest absolute Gasteiger partial charge is 0.251 e. The molecule has 1 amide bonds. The third-order valence-corrected chi connectivity index (χ3v) is 6.54. The molecule has 0 aromatic heterocycles. The number of nitrogens with one attached hydrogen (secondary N) is 1. The van der Waals surface area contributed by atoms with Crippen LogP contribution in [-0.2, 0) is 17.0 Å². The SMILES string of the molecule is O=C(NCc1ccc(N2CCOCC2)cc1)c1ccc(CSc2ccc(Cl)cc2)cc1. The van der Waals surface area contributed by atoms with Crippen molar-refractivity contribution in [3.05, 3.63) is 94.5 Å². The number of thioether (sulfide) groups is 1. The van der Waals surface area contributed by atoms with Gasteiger partial charge in [-0.25, -0.2) is 0 Å². The summed E-state index contributed by atoms with van der Waals surface area (Å²) < 4.78 is 5.40. The minimum atomic E-state index is -0.0610. The van der Waals surface area contributed by atoms with Gasteiger partial charge in [-0.3, -0.25) is 4.79 Å². The number of morpholine rings is 1. The maximum atomic E-state index is 12.5.